The van der Waals surface area contributed by atoms with Gasteiger partial charge >= 0.3 is 0 Å². The summed E-state index contributed by atoms with van der Waals surface area (Å²) in [4.78, 5) is 6.52. The minimum absolute atomic E-state index is 0.532. The molecule has 21 heavy (non-hydrogen) atoms. The molecular weight excluding hydrogens is 309 g/mol. The second-order valence-electron chi connectivity index (χ2n) is 4.91. The maximum Gasteiger partial charge on any atom is 0.149 e. The summed E-state index contributed by atoms with van der Waals surface area (Å²) in [7, 11) is 1.94. The molecule has 0 aliphatic heterocycles. The van der Waals surface area contributed by atoms with E-state index in [0.717, 1.165) is 24.3 Å². The molecule has 0 aliphatic rings. The quantitative estimate of drug-likeness (QED) is 0.831. The largest absolute Gasteiger partial charge is 0.469 e. The third kappa shape index (κ3) is 3.83. The normalized spacial score (nSPS) is 10.7. The van der Waals surface area contributed by atoms with Crippen LogP contribution in [0.2, 0.25) is 10.0 Å². The molecule has 114 valence electrons. The molecule has 0 atom stereocenters. The van der Waals surface area contributed by atoms with Crippen LogP contribution in [-0.4, -0.2) is 18.6 Å². The van der Waals surface area contributed by atoms with Gasteiger partial charge in [-0.2, -0.15) is 0 Å². The molecule has 2 aromatic rings. The summed E-state index contributed by atoms with van der Waals surface area (Å²) in [6, 6.07) is 3.67. The molecule has 0 aromatic carbocycles. The minimum atomic E-state index is 0.532. The fourth-order valence-corrected chi connectivity index (χ4v) is 2.57. The van der Waals surface area contributed by atoms with E-state index < -0.39 is 0 Å². The van der Waals surface area contributed by atoms with Crippen LogP contribution in [-0.2, 0) is 6.54 Å². The van der Waals surface area contributed by atoms with Crippen LogP contribution in [0, 0.1) is 6.92 Å². The molecule has 0 unspecified atom stereocenters. The van der Waals surface area contributed by atoms with Crippen molar-refractivity contribution >= 4 is 34.8 Å². The Morgan fingerprint density at radius 2 is 2.10 bits per heavy atom. The molecule has 0 saturated heterocycles. The molecule has 1 N–H and O–H groups in total. The third-order valence-corrected chi connectivity index (χ3v) is 3.76. The summed E-state index contributed by atoms with van der Waals surface area (Å²) < 4.78 is 5.31. The second-order valence-corrected chi connectivity index (χ2v) is 5.72. The summed E-state index contributed by atoms with van der Waals surface area (Å²) in [5.41, 5.74) is 1.10. The first-order valence-electron chi connectivity index (χ1n) is 6.87. The van der Waals surface area contributed by atoms with Gasteiger partial charge < -0.3 is 14.6 Å². The highest BCUT2D eigenvalue weighted by Gasteiger charge is 2.14. The van der Waals surface area contributed by atoms with Gasteiger partial charge in [-0.15, -0.1) is 0 Å². The number of hydrogen-bond donors (Lipinski definition) is 1. The van der Waals surface area contributed by atoms with E-state index in [9.17, 15) is 0 Å². The van der Waals surface area contributed by atoms with Crippen molar-refractivity contribution < 1.29 is 4.42 Å². The maximum absolute atomic E-state index is 6.27. The molecule has 2 heterocycles. The summed E-state index contributed by atoms with van der Waals surface area (Å²) in [5.74, 6) is 2.25. The van der Waals surface area contributed by atoms with Gasteiger partial charge in [-0.1, -0.05) is 30.1 Å². The van der Waals surface area contributed by atoms with Crippen molar-refractivity contribution in [2.75, 3.05) is 23.8 Å². The number of aryl methyl sites for hydroxylation is 1. The number of anilines is 2. The molecule has 0 saturated carbocycles. The lowest BCUT2D eigenvalue weighted by Gasteiger charge is -2.20. The Balaban J connectivity index is 2.23. The van der Waals surface area contributed by atoms with Crippen molar-refractivity contribution in [1.29, 1.82) is 0 Å². The Kier molecular flexibility index (Phi) is 5.37. The molecule has 0 aliphatic carbocycles. The van der Waals surface area contributed by atoms with Crippen molar-refractivity contribution in [1.82, 2.24) is 4.98 Å². The Morgan fingerprint density at radius 1 is 1.33 bits per heavy atom. The van der Waals surface area contributed by atoms with E-state index >= 15 is 0 Å². The Hall–Kier alpha value is -1.39. The van der Waals surface area contributed by atoms with Crippen LogP contribution in [0.4, 0.5) is 11.6 Å². The molecular formula is C15H19Cl2N3O. The minimum Gasteiger partial charge on any atom is -0.469 e. The molecule has 4 nitrogen and oxygen atoms in total. The number of hydrogen-bond acceptors (Lipinski definition) is 4. The van der Waals surface area contributed by atoms with Crippen molar-refractivity contribution in [3.05, 3.63) is 39.8 Å². The van der Waals surface area contributed by atoms with E-state index in [1.54, 1.807) is 12.3 Å². The number of nitrogens with one attached hydrogen (secondary N) is 1. The molecule has 0 radical (unpaired) electrons. The monoisotopic (exact) mass is 327 g/mol. The van der Waals surface area contributed by atoms with Crippen LogP contribution in [0.25, 0.3) is 0 Å². The predicted molar refractivity (Wildman–Crippen MR) is 88.6 cm³/mol. The number of rotatable bonds is 6. The smallest absolute Gasteiger partial charge is 0.149 e. The lowest BCUT2D eigenvalue weighted by Crippen LogP contribution is -2.19. The summed E-state index contributed by atoms with van der Waals surface area (Å²) in [6.07, 6.45) is 2.68. The molecule has 0 spiro atoms. The Labute approximate surface area is 135 Å². The SMILES string of the molecule is CCCNc1nc(N(C)Cc2ccoc2C)c(Cl)cc1Cl. The Morgan fingerprint density at radius 3 is 2.71 bits per heavy atom. The van der Waals surface area contributed by atoms with Gasteiger partial charge in [-0.25, -0.2) is 4.98 Å². The van der Waals surface area contributed by atoms with Gasteiger partial charge in [0.15, 0.2) is 0 Å². The van der Waals surface area contributed by atoms with E-state index in [1.807, 2.05) is 24.9 Å². The van der Waals surface area contributed by atoms with Gasteiger partial charge in [0, 0.05) is 25.7 Å². The van der Waals surface area contributed by atoms with E-state index in [1.165, 1.54) is 0 Å². The fourth-order valence-electron chi connectivity index (χ4n) is 2.00. The topological polar surface area (TPSA) is 41.3 Å². The molecule has 0 fully saturated rings. The van der Waals surface area contributed by atoms with Crippen LogP contribution in [0.5, 0.6) is 0 Å². The van der Waals surface area contributed by atoms with Crippen LogP contribution < -0.4 is 10.2 Å². The highest BCUT2D eigenvalue weighted by molar-refractivity contribution is 6.37. The van der Waals surface area contributed by atoms with Gasteiger partial charge in [0.05, 0.1) is 16.3 Å². The summed E-state index contributed by atoms with van der Waals surface area (Å²) in [6.45, 7) is 5.52. The number of pyridine rings is 1. The molecule has 0 bridgehead atoms. The van der Waals surface area contributed by atoms with Crippen molar-refractivity contribution in [3.63, 3.8) is 0 Å². The number of nitrogens with zero attached hydrogens (tertiary/aromatic N) is 2. The highest BCUT2D eigenvalue weighted by Crippen LogP contribution is 2.31. The molecule has 6 heteroatoms. The predicted octanol–water partition coefficient (Wildman–Crippen LogP) is 4.75. The zero-order valence-electron chi connectivity index (χ0n) is 12.4. The van der Waals surface area contributed by atoms with Crippen molar-refractivity contribution in [2.45, 2.75) is 26.8 Å². The van der Waals surface area contributed by atoms with Gasteiger partial charge in [0.1, 0.15) is 17.4 Å². The average molecular weight is 328 g/mol. The van der Waals surface area contributed by atoms with E-state index in [-0.39, 0.29) is 0 Å². The van der Waals surface area contributed by atoms with Gasteiger partial charge in [-0.3, -0.25) is 0 Å². The molecule has 0 amide bonds. The first kappa shape index (κ1) is 16.0. The van der Waals surface area contributed by atoms with Gasteiger partial charge in [0.2, 0.25) is 0 Å². The first-order chi connectivity index (χ1) is 10.0. The average Bonchev–Trinajstić information content (AvgIpc) is 2.83. The summed E-state index contributed by atoms with van der Waals surface area (Å²) in [5, 5.41) is 4.27. The first-order valence-corrected chi connectivity index (χ1v) is 7.62. The zero-order chi connectivity index (χ0) is 15.4. The highest BCUT2D eigenvalue weighted by atomic mass is 35.5. The van der Waals surface area contributed by atoms with Crippen molar-refractivity contribution in [2.24, 2.45) is 0 Å². The lowest BCUT2D eigenvalue weighted by atomic mass is 10.2. The number of halogens is 2. The molecule has 2 aromatic heterocycles. The fraction of sp³-hybridized carbons (Fsp3) is 0.400. The van der Waals surface area contributed by atoms with Crippen molar-refractivity contribution in [3.8, 4) is 0 Å². The van der Waals surface area contributed by atoms with Crippen LogP contribution in [0.15, 0.2) is 22.8 Å². The van der Waals surface area contributed by atoms with E-state index in [0.29, 0.717) is 28.2 Å². The van der Waals surface area contributed by atoms with Crippen LogP contribution in [0.1, 0.15) is 24.7 Å². The van der Waals surface area contributed by atoms with Crippen LogP contribution in [0.3, 0.4) is 0 Å². The lowest BCUT2D eigenvalue weighted by molar-refractivity contribution is 0.529. The maximum atomic E-state index is 6.27. The second kappa shape index (κ2) is 7.05. The van der Waals surface area contributed by atoms with E-state index in [2.05, 4.69) is 17.2 Å². The molecule has 2 rings (SSSR count). The standard InChI is InChI=1S/C15H19Cl2N3O/c1-4-6-18-14-12(16)8-13(17)15(19-14)20(3)9-11-5-7-21-10(11)2/h5,7-8H,4,6,9H2,1-3H3,(H,18,19). The van der Waals surface area contributed by atoms with Gasteiger partial charge in [0.25, 0.3) is 0 Å². The third-order valence-electron chi connectivity index (χ3n) is 3.19. The van der Waals surface area contributed by atoms with E-state index in [4.69, 9.17) is 27.6 Å². The zero-order valence-corrected chi connectivity index (χ0v) is 13.9. The Bertz CT molecular complexity index is 613. The number of aromatic nitrogens is 1. The number of furan rings is 1. The van der Waals surface area contributed by atoms with Crippen LogP contribution >= 0.6 is 23.2 Å². The summed E-state index contributed by atoms with van der Waals surface area (Å²) >= 11 is 12.4. The van der Waals surface area contributed by atoms with Gasteiger partial charge in [-0.05, 0) is 25.5 Å².